The minimum Gasteiger partial charge on any atom is -0.371 e. The lowest BCUT2D eigenvalue weighted by molar-refractivity contribution is -0.131. The monoisotopic (exact) mass is 233 g/mol. The minimum absolute atomic E-state index is 0.0547. The van der Waals surface area contributed by atoms with Crippen molar-refractivity contribution < 1.29 is 9.53 Å². The van der Waals surface area contributed by atoms with Gasteiger partial charge in [0.05, 0.1) is 0 Å². The van der Waals surface area contributed by atoms with Crippen LogP contribution in [0.1, 0.15) is 20.8 Å². The summed E-state index contributed by atoms with van der Waals surface area (Å²) in [4.78, 5) is 11.9. The van der Waals surface area contributed by atoms with E-state index in [9.17, 15) is 4.79 Å². The van der Waals surface area contributed by atoms with Gasteiger partial charge in [-0.2, -0.15) is 0 Å². The first kappa shape index (κ1) is 13.5. The van der Waals surface area contributed by atoms with Crippen molar-refractivity contribution in [3.8, 4) is 0 Å². The minimum atomic E-state index is -0.778. The van der Waals surface area contributed by atoms with Crippen LogP contribution in [-0.4, -0.2) is 18.5 Å². The molecule has 0 radical (unpaired) electrons. The molecular weight excluding hydrogens is 214 g/mol. The number of carbonyl (C=O) groups is 1. The third-order valence-electron chi connectivity index (χ3n) is 2.57. The first-order valence-electron chi connectivity index (χ1n) is 5.55. The Morgan fingerprint density at radius 2 is 1.88 bits per heavy atom. The van der Waals surface area contributed by atoms with Crippen LogP contribution in [0.5, 0.6) is 0 Å². The Balaban J connectivity index is 2.71. The molecule has 0 spiro atoms. The van der Waals surface area contributed by atoms with Gasteiger partial charge in [0, 0.05) is 24.6 Å². The van der Waals surface area contributed by atoms with E-state index in [-0.39, 0.29) is 5.78 Å². The zero-order valence-electron chi connectivity index (χ0n) is 10.8. The Kier molecular flexibility index (Phi) is 4.46. The number of anilines is 1. The summed E-state index contributed by atoms with van der Waals surface area (Å²) < 4.78 is 5.13. The molecular formula is C14H19NO2. The predicted molar refractivity (Wildman–Crippen MR) is 69.9 cm³/mol. The largest absolute Gasteiger partial charge is 0.371 e. The number of rotatable bonds is 5. The van der Waals surface area contributed by atoms with E-state index in [1.54, 1.807) is 19.9 Å². The Morgan fingerprint density at radius 1 is 1.29 bits per heavy atom. The van der Waals surface area contributed by atoms with Crippen molar-refractivity contribution in [3.05, 3.63) is 42.1 Å². The lowest BCUT2D eigenvalue weighted by atomic mass is 10.0. The van der Waals surface area contributed by atoms with E-state index < -0.39 is 5.60 Å². The molecule has 0 fully saturated rings. The predicted octanol–water partition coefficient (Wildman–Crippen LogP) is 3.00. The van der Waals surface area contributed by atoms with E-state index in [4.69, 9.17) is 4.74 Å². The van der Waals surface area contributed by atoms with Crippen molar-refractivity contribution in [2.24, 2.45) is 0 Å². The summed E-state index contributed by atoms with van der Waals surface area (Å²) in [6.07, 6.45) is 1.57. The fraction of sp³-hybridized carbons (Fsp3) is 0.357. The molecule has 0 amide bonds. The van der Waals surface area contributed by atoms with Gasteiger partial charge in [0.1, 0.15) is 5.60 Å². The zero-order chi connectivity index (χ0) is 12.9. The summed E-state index contributed by atoms with van der Waals surface area (Å²) >= 11 is 0. The van der Waals surface area contributed by atoms with Crippen molar-refractivity contribution in [2.45, 2.75) is 26.4 Å². The molecule has 1 N–H and O–H groups in total. The summed E-state index contributed by atoms with van der Waals surface area (Å²) in [7, 11) is 1.53. The third-order valence-corrected chi connectivity index (χ3v) is 2.57. The van der Waals surface area contributed by atoms with E-state index in [1.165, 1.54) is 7.11 Å². The first-order chi connectivity index (χ1) is 7.95. The highest BCUT2D eigenvalue weighted by Gasteiger charge is 2.24. The first-order valence-corrected chi connectivity index (χ1v) is 5.55. The fourth-order valence-electron chi connectivity index (χ4n) is 1.26. The summed E-state index contributed by atoms with van der Waals surface area (Å²) in [6.45, 7) is 5.36. The molecule has 0 aliphatic heterocycles. The van der Waals surface area contributed by atoms with E-state index in [0.717, 1.165) is 11.4 Å². The van der Waals surface area contributed by atoms with Crippen LogP contribution in [0, 0.1) is 0 Å². The molecule has 1 aromatic carbocycles. The van der Waals surface area contributed by atoms with Crippen molar-refractivity contribution in [2.75, 3.05) is 12.4 Å². The van der Waals surface area contributed by atoms with Crippen LogP contribution in [0.4, 0.5) is 5.69 Å². The number of para-hydroxylation sites is 1. The van der Waals surface area contributed by atoms with Gasteiger partial charge < -0.3 is 10.1 Å². The molecule has 0 unspecified atom stereocenters. The molecule has 3 nitrogen and oxygen atoms in total. The Hall–Kier alpha value is -1.61. The van der Waals surface area contributed by atoms with E-state index >= 15 is 0 Å². The number of carbonyl (C=O) groups excluding carboxylic acids is 1. The number of benzene rings is 1. The highest BCUT2D eigenvalue weighted by molar-refractivity contribution is 5.97. The van der Waals surface area contributed by atoms with Crippen LogP contribution >= 0.6 is 0 Å². The molecule has 0 saturated heterocycles. The van der Waals surface area contributed by atoms with Crippen molar-refractivity contribution in [1.29, 1.82) is 0 Å². The van der Waals surface area contributed by atoms with Gasteiger partial charge in [0.15, 0.2) is 5.78 Å². The van der Waals surface area contributed by atoms with E-state index in [0.29, 0.717) is 0 Å². The van der Waals surface area contributed by atoms with E-state index in [1.807, 2.05) is 37.3 Å². The number of hydrogen-bond acceptors (Lipinski definition) is 3. The standard InChI is InChI=1S/C14H19NO2/c1-11(10-13(16)14(2,3)17-4)15-12-8-6-5-7-9-12/h5-10,15H,1-4H3/b11-10-. The highest BCUT2D eigenvalue weighted by atomic mass is 16.5. The van der Waals surface area contributed by atoms with E-state index in [2.05, 4.69) is 5.32 Å². The fourth-order valence-corrected chi connectivity index (χ4v) is 1.26. The zero-order valence-corrected chi connectivity index (χ0v) is 10.8. The number of ketones is 1. The number of allylic oxidation sites excluding steroid dienone is 1. The van der Waals surface area contributed by atoms with Gasteiger partial charge in [-0.3, -0.25) is 4.79 Å². The van der Waals surface area contributed by atoms with Crippen LogP contribution in [-0.2, 0) is 9.53 Å². The topological polar surface area (TPSA) is 38.3 Å². The molecule has 92 valence electrons. The third kappa shape index (κ3) is 4.04. The maximum Gasteiger partial charge on any atom is 0.188 e. The second-order valence-electron chi connectivity index (χ2n) is 4.40. The summed E-state index contributed by atoms with van der Waals surface area (Å²) in [5.74, 6) is -0.0547. The summed E-state index contributed by atoms with van der Waals surface area (Å²) in [6, 6.07) is 9.73. The lowest BCUT2D eigenvalue weighted by Crippen LogP contribution is -2.32. The molecule has 17 heavy (non-hydrogen) atoms. The highest BCUT2D eigenvalue weighted by Crippen LogP contribution is 2.13. The van der Waals surface area contributed by atoms with Gasteiger partial charge in [0.2, 0.25) is 0 Å². The molecule has 1 rings (SSSR count). The molecule has 0 saturated carbocycles. The van der Waals surface area contributed by atoms with Crippen molar-refractivity contribution >= 4 is 11.5 Å². The van der Waals surface area contributed by atoms with Gasteiger partial charge in [-0.15, -0.1) is 0 Å². The molecule has 1 aromatic rings. The normalized spacial score (nSPS) is 12.4. The maximum atomic E-state index is 11.9. The number of ether oxygens (including phenoxy) is 1. The Bertz CT molecular complexity index is 407. The van der Waals surface area contributed by atoms with Crippen molar-refractivity contribution in [3.63, 3.8) is 0 Å². The van der Waals surface area contributed by atoms with Crippen LogP contribution in [0.3, 0.4) is 0 Å². The number of methoxy groups -OCH3 is 1. The molecule has 0 atom stereocenters. The average molecular weight is 233 g/mol. The van der Waals surface area contributed by atoms with Gasteiger partial charge in [0.25, 0.3) is 0 Å². The van der Waals surface area contributed by atoms with Gasteiger partial charge >= 0.3 is 0 Å². The second-order valence-corrected chi connectivity index (χ2v) is 4.40. The average Bonchev–Trinajstić information content (AvgIpc) is 2.30. The van der Waals surface area contributed by atoms with Crippen molar-refractivity contribution in [1.82, 2.24) is 0 Å². The molecule has 0 aromatic heterocycles. The van der Waals surface area contributed by atoms with Crippen LogP contribution in [0.2, 0.25) is 0 Å². The molecule has 0 aliphatic rings. The molecule has 0 heterocycles. The molecule has 0 aliphatic carbocycles. The van der Waals surface area contributed by atoms with Gasteiger partial charge in [-0.1, -0.05) is 18.2 Å². The molecule has 0 bridgehead atoms. The Morgan fingerprint density at radius 3 is 2.41 bits per heavy atom. The SMILES string of the molecule is COC(C)(C)C(=O)/C=C(/C)Nc1ccccc1. The molecule has 3 heteroatoms. The van der Waals surface area contributed by atoms with Crippen LogP contribution in [0.25, 0.3) is 0 Å². The maximum absolute atomic E-state index is 11.9. The van der Waals surface area contributed by atoms with Crippen LogP contribution < -0.4 is 5.32 Å². The Labute approximate surface area is 102 Å². The smallest absolute Gasteiger partial charge is 0.188 e. The quantitative estimate of drug-likeness (QED) is 0.794. The lowest BCUT2D eigenvalue weighted by Gasteiger charge is -2.19. The number of nitrogens with one attached hydrogen (secondary N) is 1. The second kappa shape index (κ2) is 5.64. The summed E-state index contributed by atoms with van der Waals surface area (Å²) in [5, 5.41) is 3.15. The number of hydrogen-bond donors (Lipinski definition) is 1. The summed E-state index contributed by atoms with van der Waals surface area (Å²) in [5.41, 5.74) is 0.982. The van der Waals surface area contributed by atoms with Gasteiger partial charge in [-0.25, -0.2) is 0 Å². The van der Waals surface area contributed by atoms with Gasteiger partial charge in [-0.05, 0) is 32.9 Å². The van der Waals surface area contributed by atoms with Crippen LogP contribution in [0.15, 0.2) is 42.1 Å².